The summed E-state index contributed by atoms with van der Waals surface area (Å²) in [4.78, 5) is 12.0. The van der Waals surface area contributed by atoms with E-state index in [1.165, 1.54) is 11.8 Å². The highest BCUT2D eigenvalue weighted by Gasteiger charge is 2.38. The van der Waals surface area contributed by atoms with Gasteiger partial charge in [-0.1, -0.05) is 11.8 Å². The van der Waals surface area contributed by atoms with Gasteiger partial charge in [-0.2, -0.15) is 0 Å². The summed E-state index contributed by atoms with van der Waals surface area (Å²) >= 11 is 1.44. The molecule has 0 bridgehead atoms. The van der Waals surface area contributed by atoms with Crippen LogP contribution in [-0.4, -0.2) is 24.6 Å². The number of thioether (sulfide) groups is 1. The normalized spacial score (nSPS) is 21.1. The Morgan fingerprint density at radius 2 is 2.35 bits per heavy atom. The lowest BCUT2D eigenvalue weighted by Crippen LogP contribution is -2.26. The van der Waals surface area contributed by atoms with Crippen LogP contribution in [0.15, 0.2) is 15.6 Å². The molecule has 1 N–H and O–H groups in total. The average molecular weight is 303 g/mol. The molecule has 1 fully saturated rings. The molecular weight excluding hydrogens is 284 g/mol. The van der Waals surface area contributed by atoms with Crippen molar-refractivity contribution in [1.29, 1.82) is 0 Å². The van der Waals surface area contributed by atoms with Gasteiger partial charge >= 0.3 is 0 Å². The maximum Gasteiger partial charge on any atom is 0.254 e. The molecule has 1 amide bonds. The summed E-state index contributed by atoms with van der Waals surface area (Å²) in [6, 6.07) is 1.71. The quantitative estimate of drug-likeness (QED) is 0.840. The summed E-state index contributed by atoms with van der Waals surface area (Å²) in [5.41, 5.74) is 0.520. The Bertz CT molecular complexity index is 488. The molecule has 1 aromatic heterocycles. The molecule has 1 heterocycles. The van der Waals surface area contributed by atoms with Crippen LogP contribution < -0.4 is 5.32 Å². The lowest BCUT2D eigenvalue weighted by atomic mass is 10.0. The number of carbonyl (C=O) groups excluding carboxylic acids is 1. The van der Waals surface area contributed by atoms with Crippen LogP contribution in [0.25, 0.3) is 0 Å². The van der Waals surface area contributed by atoms with E-state index in [-0.39, 0.29) is 24.7 Å². The predicted octanol–water partition coefficient (Wildman–Crippen LogP) is 3.87. The predicted molar refractivity (Wildman–Crippen MR) is 74.5 cm³/mol. The van der Waals surface area contributed by atoms with E-state index >= 15 is 0 Å². The van der Waals surface area contributed by atoms with Crippen LogP contribution >= 0.6 is 11.8 Å². The maximum absolute atomic E-state index is 13.0. The Morgan fingerprint density at radius 1 is 1.60 bits per heavy atom. The van der Waals surface area contributed by atoms with Crippen LogP contribution in [0.4, 0.5) is 8.78 Å². The van der Waals surface area contributed by atoms with E-state index in [1.54, 1.807) is 13.0 Å². The Labute approximate surface area is 121 Å². The zero-order valence-corrected chi connectivity index (χ0v) is 12.5. The highest BCUT2D eigenvalue weighted by atomic mass is 32.2. The molecule has 1 unspecified atom stereocenters. The molecule has 1 saturated carbocycles. The fourth-order valence-corrected chi connectivity index (χ4v) is 3.00. The van der Waals surface area contributed by atoms with Crippen LogP contribution in [0.5, 0.6) is 0 Å². The molecule has 1 aliphatic rings. The molecule has 2 rings (SSSR count). The molecule has 20 heavy (non-hydrogen) atoms. The number of hydrogen-bond acceptors (Lipinski definition) is 3. The third kappa shape index (κ3) is 3.75. The van der Waals surface area contributed by atoms with Gasteiger partial charge in [-0.05, 0) is 31.9 Å². The second kappa shape index (κ2) is 6.16. The first-order valence-corrected chi connectivity index (χ1v) is 7.94. The average Bonchev–Trinajstić information content (AvgIpc) is 2.92. The summed E-state index contributed by atoms with van der Waals surface area (Å²) in [7, 11) is 0. The SMILES string of the molecule is CSc1cc(C(=O)NCCC2CCC(F)(F)C2)c(C)o1. The second-order valence-electron chi connectivity index (χ2n) is 5.25. The van der Waals surface area contributed by atoms with Crippen molar-refractivity contribution >= 4 is 17.7 Å². The Kier molecular flexibility index (Phi) is 4.73. The van der Waals surface area contributed by atoms with Crippen molar-refractivity contribution in [2.45, 2.75) is 43.6 Å². The van der Waals surface area contributed by atoms with Crippen molar-refractivity contribution in [1.82, 2.24) is 5.32 Å². The van der Waals surface area contributed by atoms with Crippen LogP contribution in [0, 0.1) is 12.8 Å². The summed E-state index contributed by atoms with van der Waals surface area (Å²) in [5.74, 6) is -2.11. The number of furan rings is 1. The van der Waals surface area contributed by atoms with E-state index < -0.39 is 5.92 Å². The zero-order valence-electron chi connectivity index (χ0n) is 11.7. The van der Waals surface area contributed by atoms with Crippen molar-refractivity contribution in [3.05, 3.63) is 17.4 Å². The lowest BCUT2D eigenvalue weighted by molar-refractivity contribution is 0.00478. The van der Waals surface area contributed by atoms with Gasteiger partial charge in [-0.15, -0.1) is 0 Å². The molecule has 3 nitrogen and oxygen atoms in total. The van der Waals surface area contributed by atoms with E-state index in [0.29, 0.717) is 35.8 Å². The molecule has 1 atom stereocenters. The van der Waals surface area contributed by atoms with Gasteiger partial charge < -0.3 is 9.73 Å². The van der Waals surface area contributed by atoms with Gasteiger partial charge in [0.15, 0.2) is 5.09 Å². The van der Waals surface area contributed by atoms with E-state index in [2.05, 4.69) is 5.32 Å². The molecule has 112 valence electrons. The van der Waals surface area contributed by atoms with Gasteiger partial charge in [-0.3, -0.25) is 4.79 Å². The fraction of sp³-hybridized carbons (Fsp3) is 0.643. The topological polar surface area (TPSA) is 42.2 Å². The van der Waals surface area contributed by atoms with Crippen molar-refractivity contribution in [3.8, 4) is 0 Å². The van der Waals surface area contributed by atoms with Gasteiger partial charge in [0.1, 0.15) is 5.76 Å². The summed E-state index contributed by atoms with van der Waals surface area (Å²) in [6.45, 7) is 2.17. The fourth-order valence-electron chi connectivity index (χ4n) is 2.55. The number of alkyl halides is 2. The smallest absolute Gasteiger partial charge is 0.254 e. The van der Waals surface area contributed by atoms with E-state index in [1.807, 2.05) is 6.26 Å². The van der Waals surface area contributed by atoms with Gasteiger partial charge in [-0.25, -0.2) is 8.78 Å². The van der Waals surface area contributed by atoms with Crippen LogP contribution in [0.3, 0.4) is 0 Å². The van der Waals surface area contributed by atoms with Crippen molar-refractivity contribution in [2.24, 2.45) is 5.92 Å². The molecule has 0 saturated heterocycles. The number of halogens is 2. The highest BCUT2D eigenvalue weighted by molar-refractivity contribution is 7.98. The van der Waals surface area contributed by atoms with Crippen molar-refractivity contribution in [3.63, 3.8) is 0 Å². The zero-order chi connectivity index (χ0) is 14.8. The minimum Gasteiger partial charge on any atom is -0.454 e. The molecular formula is C14H19F2NO2S. The Hall–Kier alpha value is -1.04. The third-order valence-electron chi connectivity index (χ3n) is 3.68. The molecule has 0 spiro atoms. The Balaban J connectivity index is 1.79. The molecule has 1 aliphatic carbocycles. The second-order valence-corrected chi connectivity index (χ2v) is 6.06. The van der Waals surface area contributed by atoms with E-state index in [4.69, 9.17) is 4.42 Å². The summed E-state index contributed by atoms with van der Waals surface area (Å²) in [5, 5.41) is 3.48. The number of aryl methyl sites for hydroxylation is 1. The monoisotopic (exact) mass is 303 g/mol. The van der Waals surface area contributed by atoms with Crippen molar-refractivity contribution in [2.75, 3.05) is 12.8 Å². The van der Waals surface area contributed by atoms with Crippen LogP contribution in [0.2, 0.25) is 0 Å². The van der Waals surface area contributed by atoms with Crippen LogP contribution in [-0.2, 0) is 0 Å². The Morgan fingerprint density at radius 3 is 2.90 bits per heavy atom. The summed E-state index contributed by atoms with van der Waals surface area (Å²) < 4.78 is 31.5. The number of hydrogen-bond donors (Lipinski definition) is 1. The number of nitrogens with one attached hydrogen (secondary N) is 1. The summed E-state index contributed by atoms with van der Waals surface area (Å²) in [6.07, 6.45) is 2.95. The number of amides is 1. The van der Waals surface area contributed by atoms with E-state index in [0.717, 1.165) is 0 Å². The molecule has 1 aromatic rings. The lowest BCUT2D eigenvalue weighted by Gasteiger charge is -2.11. The molecule has 0 aliphatic heterocycles. The number of carbonyl (C=O) groups is 1. The first-order chi connectivity index (χ1) is 9.41. The van der Waals surface area contributed by atoms with Crippen LogP contribution in [0.1, 0.15) is 41.8 Å². The minimum absolute atomic E-state index is 0.0116. The standard InChI is InChI=1S/C14H19F2NO2S/c1-9-11(7-12(19-9)20-2)13(18)17-6-4-10-3-5-14(15,16)8-10/h7,10H,3-6,8H2,1-2H3,(H,17,18). The number of rotatable bonds is 5. The first kappa shape index (κ1) is 15.4. The van der Waals surface area contributed by atoms with Gasteiger partial charge in [0, 0.05) is 25.5 Å². The van der Waals surface area contributed by atoms with E-state index in [9.17, 15) is 13.6 Å². The maximum atomic E-state index is 13.0. The third-order valence-corrected chi connectivity index (χ3v) is 4.29. The minimum atomic E-state index is -2.51. The first-order valence-electron chi connectivity index (χ1n) is 6.72. The molecule has 6 heteroatoms. The van der Waals surface area contributed by atoms with Crippen molar-refractivity contribution < 1.29 is 18.0 Å². The largest absolute Gasteiger partial charge is 0.454 e. The molecule has 0 aromatic carbocycles. The van der Waals surface area contributed by atoms with Gasteiger partial charge in [0.25, 0.3) is 5.91 Å². The highest BCUT2D eigenvalue weighted by Crippen LogP contribution is 2.40. The molecule has 0 radical (unpaired) electrons. The van der Waals surface area contributed by atoms with Gasteiger partial charge in [0.2, 0.25) is 5.92 Å². The van der Waals surface area contributed by atoms with Gasteiger partial charge in [0.05, 0.1) is 5.56 Å².